The minimum atomic E-state index is -0.352. The summed E-state index contributed by atoms with van der Waals surface area (Å²) >= 11 is 6.11. The second-order valence-electron chi connectivity index (χ2n) is 5.93. The number of nitrogens with one attached hydrogen (secondary N) is 3. The maximum Gasteiger partial charge on any atom is 0.243 e. The number of halogens is 1. The minimum Gasteiger partial charge on any atom is -0.495 e. The van der Waals surface area contributed by atoms with Crippen LogP contribution in [-0.2, 0) is 9.59 Å². The molecule has 0 fully saturated rings. The molecule has 0 radical (unpaired) electrons. The van der Waals surface area contributed by atoms with Crippen molar-refractivity contribution in [2.24, 2.45) is 0 Å². The number of rotatable bonds is 9. The van der Waals surface area contributed by atoms with Gasteiger partial charge in [0.25, 0.3) is 0 Å². The second kappa shape index (κ2) is 10.4. The number of anilines is 2. The number of ether oxygens (including phenoxy) is 2. The first-order valence-electron chi connectivity index (χ1n) is 8.81. The van der Waals surface area contributed by atoms with Crippen molar-refractivity contribution < 1.29 is 19.1 Å². The Kier molecular flexibility index (Phi) is 7.95. The highest BCUT2D eigenvalue weighted by Gasteiger charge is 2.11. The highest BCUT2D eigenvalue weighted by atomic mass is 35.5. The standard InChI is InChI=1S/C20H24ClN3O4/c1-4-28-20-14(21)6-5-7-15(20)22-11-18(25)23-12-19(26)24-16-10-13(2)8-9-17(16)27-3/h5-10,22H,4,11-12H2,1-3H3,(H,23,25)(H,24,26). The van der Waals surface area contributed by atoms with Crippen molar-refractivity contribution in [2.75, 3.05) is 37.4 Å². The predicted octanol–water partition coefficient (Wildman–Crippen LogP) is 3.22. The van der Waals surface area contributed by atoms with Crippen LogP contribution in [0.25, 0.3) is 0 Å². The van der Waals surface area contributed by atoms with Crippen molar-refractivity contribution in [2.45, 2.75) is 13.8 Å². The molecule has 7 nitrogen and oxygen atoms in total. The molecule has 0 aliphatic rings. The summed E-state index contributed by atoms with van der Waals surface area (Å²) in [5.41, 5.74) is 2.15. The topological polar surface area (TPSA) is 88.7 Å². The van der Waals surface area contributed by atoms with Crippen LogP contribution in [0.5, 0.6) is 11.5 Å². The lowest BCUT2D eigenvalue weighted by Crippen LogP contribution is -2.36. The van der Waals surface area contributed by atoms with E-state index in [1.54, 1.807) is 30.3 Å². The molecule has 2 aromatic rings. The smallest absolute Gasteiger partial charge is 0.243 e. The molecule has 8 heteroatoms. The third-order valence-electron chi connectivity index (χ3n) is 3.77. The largest absolute Gasteiger partial charge is 0.495 e. The molecule has 0 saturated carbocycles. The molecule has 150 valence electrons. The van der Waals surface area contributed by atoms with Gasteiger partial charge in [0, 0.05) is 0 Å². The zero-order valence-corrected chi connectivity index (χ0v) is 16.9. The molecule has 0 bridgehead atoms. The van der Waals surface area contributed by atoms with E-state index in [1.165, 1.54) is 7.11 Å². The van der Waals surface area contributed by atoms with Gasteiger partial charge in [-0.3, -0.25) is 9.59 Å². The first-order chi connectivity index (χ1) is 13.4. The van der Waals surface area contributed by atoms with E-state index in [2.05, 4.69) is 16.0 Å². The molecule has 0 unspecified atom stereocenters. The first kappa shape index (κ1) is 21.4. The Balaban J connectivity index is 1.85. The van der Waals surface area contributed by atoms with E-state index in [9.17, 15) is 9.59 Å². The van der Waals surface area contributed by atoms with Crippen LogP contribution in [0, 0.1) is 6.92 Å². The lowest BCUT2D eigenvalue weighted by molar-refractivity contribution is -0.122. The van der Waals surface area contributed by atoms with Crippen LogP contribution in [0.2, 0.25) is 5.02 Å². The summed E-state index contributed by atoms with van der Waals surface area (Å²) in [5, 5.41) is 8.71. The van der Waals surface area contributed by atoms with E-state index < -0.39 is 0 Å². The van der Waals surface area contributed by atoms with Crippen molar-refractivity contribution in [3.63, 3.8) is 0 Å². The third-order valence-corrected chi connectivity index (χ3v) is 4.07. The van der Waals surface area contributed by atoms with E-state index in [-0.39, 0.29) is 24.9 Å². The Bertz CT molecular complexity index is 842. The fourth-order valence-electron chi connectivity index (χ4n) is 2.47. The highest BCUT2D eigenvalue weighted by molar-refractivity contribution is 6.32. The van der Waals surface area contributed by atoms with Crippen LogP contribution in [-0.4, -0.2) is 38.6 Å². The Labute approximate surface area is 169 Å². The molecule has 3 N–H and O–H groups in total. The third kappa shape index (κ3) is 6.06. The van der Waals surface area contributed by atoms with E-state index in [4.69, 9.17) is 21.1 Å². The van der Waals surface area contributed by atoms with Crippen molar-refractivity contribution in [1.29, 1.82) is 0 Å². The van der Waals surface area contributed by atoms with E-state index in [0.717, 1.165) is 5.56 Å². The van der Waals surface area contributed by atoms with E-state index in [1.807, 2.05) is 19.9 Å². The molecule has 0 atom stereocenters. The summed E-state index contributed by atoms with van der Waals surface area (Å²) in [6.07, 6.45) is 0. The Hall–Kier alpha value is -2.93. The summed E-state index contributed by atoms with van der Waals surface area (Å²) in [6, 6.07) is 10.7. The summed E-state index contributed by atoms with van der Waals surface area (Å²) in [4.78, 5) is 24.2. The lowest BCUT2D eigenvalue weighted by atomic mass is 10.2. The van der Waals surface area contributed by atoms with Crippen LogP contribution in [0.1, 0.15) is 12.5 Å². The quantitative estimate of drug-likeness (QED) is 0.596. The molecule has 2 aromatic carbocycles. The molecule has 0 aliphatic heterocycles. The van der Waals surface area contributed by atoms with Gasteiger partial charge in [-0.25, -0.2) is 0 Å². The lowest BCUT2D eigenvalue weighted by Gasteiger charge is -2.14. The van der Waals surface area contributed by atoms with Crippen molar-refractivity contribution in [3.05, 3.63) is 47.0 Å². The van der Waals surface area contributed by atoms with Gasteiger partial charge < -0.3 is 25.4 Å². The average Bonchev–Trinajstić information content (AvgIpc) is 2.67. The Morgan fingerprint density at radius 1 is 1.07 bits per heavy atom. The maximum atomic E-state index is 12.1. The predicted molar refractivity (Wildman–Crippen MR) is 110 cm³/mol. The van der Waals surface area contributed by atoms with Crippen molar-refractivity contribution >= 4 is 34.8 Å². The zero-order valence-electron chi connectivity index (χ0n) is 16.1. The van der Waals surface area contributed by atoms with Crippen LogP contribution in [0.3, 0.4) is 0 Å². The van der Waals surface area contributed by atoms with Crippen LogP contribution in [0.4, 0.5) is 11.4 Å². The minimum absolute atomic E-state index is 0.0263. The SMILES string of the molecule is CCOc1c(Cl)cccc1NCC(=O)NCC(=O)Nc1cc(C)ccc1OC. The normalized spacial score (nSPS) is 10.1. The van der Waals surface area contributed by atoms with Gasteiger partial charge in [-0.1, -0.05) is 23.7 Å². The van der Waals surface area contributed by atoms with Gasteiger partial charge in [-0.15, -0.1) is 0 Å². The van der Waals surface area contributed by atoms with Gasteiger partial charge >= 0.3 is 0 Å². The van der Waals surface area contributed by atoms with Crippen LogP contribution >= 0.6 is 11.6 Å². The molecule has 0 heterocycles. The molecule has 0 aromatic heterocycles. The van der Waals surface area contributed by atoms with Gasteiger partial charge in [-0.05, 0) is 43.7 Å². The van der Waals surface area contributed by atoms with Gasteiger partial charge in [0.2, 0.25) is 11.8 Å². The number of aryl methyl sites for hydroxylation is 1. The summed E-state index contributed by atoms with van der Waals surface area (Å²) in [7, 11) is 1.53. The van der Waals surface area contributed by atoms with Crippen molar-refractivity contribution in [3.8, 4) is 11.5 Å². The monoisotopic (exact) mass is 405 g/mol. The van der Waals surface area contributed by atoms with Crippen LogP contribution < -0.4 is 25.4 Å². The Morgan fingerprint density at radius 2 is 1.86 bits per heavy atom. The number of para-hydroxylation sites is 1. The van der Waals surface area contributed by atoms with E-state index >= 15 is 0 Å². The Morgan fingerprint density at radius 3 is 2.57 bits per heavy atom. The first-order valence-corrected chi connectivity index (χ1v) is 9.18. The fraction of sp³-hybridized carbons (Fsp3) is 0.300. The molecule has 0 saturated heterocycles. The molecule has 2 rings (SSSR count). The fourth-order valence-corrected chi connectivity index (χ4v) is 2.70. The van der Waals surface area contributed by atoms with Gasteiger partial charge in [0.1, 0.15) is 5.75 Å². The molecule has 28 heavy (non-hydrogen) atoms. The number of hydrogen-bond acceptors (Lipinski definition) is 5. The number of hydrogen-bond donors (Lipinski definition) is 3. The van der Waals surface area contributed by atoms with Gasteiger partial charge in [0.05, 0.1) is 43.2 Å². The molecular weight excluding hydrogens is 382 g/mol. The van der Waals surface area contributed by atoms with Crippen molar-refractivity contribution in [1.82, 2.24) is 5.32 Å². The van der Waals surface area contributed by atoms with Crippen LogP contribution in [0.15, 0.2) is 36.4 Å². The number of methoxy groups -OCH3 is 1. The number of benzene rings is 2. The second-order valence-corrected chi connectivity index (χ2v) is 6.34. The van der Waals surface area contributed by atoms with Gasteiger partial charge in [0.15, 0.2) is 5.75 Å². The number of carbonyl (C=O) groups excluding carboxylic acids is 2. The van der Waals surface area contributed by atoms with Gasteiger partial charge in [-0.2, -0.15) is 0 Å². The number of carbonyl (C=O) groups is 2. The molecular formula is C20H24ClN3O4. The summed E-state index contributed by atoms with van der Waals surface area (Å²) < 4.78 is 10.7. The maximum absolute atomic E-state index is 12.1. The zero-order chi connectivity index (χ0) is 20.5. The average molecular weight is 406 g/mol. The summed E-state index contributed by atoms with van der Waals surface area (Å²) in [5.74, 6) is 0.351. The molecule has 0 aliphatic carbocycles. The molecule has 0 spiro atoms. The molecule has 2 amide bonds. The highest BCUT2D eigenvalue weighted by Crippen LogP contribution is 2.32. The van der Waals surface area contributed by atoms with E-state index in [0.29, 0.717) is 34.5 Å². The summed E-state index contributed by atoms with van der Waals surface area (Å²) in [6.45, 7) is 4.02. The number of amides is 2.